The summed E-state index contributed by atoms with van der Waals surface area (Å²) in [6.45, 7) is 0. The van der Waals surface area contributed by atoms with Gasteiger partial charge >= 0.3 is 0 Å². The summed E-state index contributed by atoms with van der Waals surface area (Å²) in [5.74, 6) is 1.65. The van der Waals surface area contributed by atoms with Gasteiger partial charge in [0.2, 0.25) is 0 Å². The summed E-state index contributed by atoms with van der Waals surface area (Å²) in [4.78, 5) is 11.5. The Morgan fingerprint density at radius 2 is 1.24 bits per heavy atom. The summed E-state index contributed by atoms with van der Waals surface area (Å²) >= 11 is 3.48. The van der Waals surface area contributed by atoms with Gasteiger partial charge in [-0.25, -0.2) is 4.98 Å². The van der Waals surface area contributed by atoms with E-state index in [0.29, 0.717) is 0 Å². The molecule has 0 amide bonds. The van der Waals surface area contributed by atoms with Crippen LogP contribution in [0.5, 0.6) is 11.5 Å². The quantitative estimate of drug-likeness (QED) is 0.255. The molecule has 0 aliphatic carbocycles. The molecule has 0 radical (unpaired) electrons. The Labute approximate surface area is 202 Å². The highest BCUT2D eigenvalue weighted by molar-refractivity contribution is 7.26. The molecule has 0 aliphatic heterocycles. The van der Waals surface area contributed by atoms with E-state index in [0.717, 1.165) is 32.4 Å². The van der Waals surface area contributed by atoms with Crippen LogP contribution in [0.4, 0.5) is 11.4 Å². The van der Waals surface area contributed by atoms with Crippen molar-refractivity contribution in [3.63, 3.8) is 0 Å². The molecule has 0 bridgehead atoms. The minimum atomic E-state index is 0.822. The lowest BCUT2D eigenvalue weighted by Crippen LogP contribution is -2.07. The van der Waals surface area contributed by atoms with Crippen molar-refractivity contribution in [2.75, 3.05) is 38.0 Å². The Bertz CT molecular complexity index is 1380. The normalized spacial score (nSPS) is 11.0. The third kappa shape index (κ3) is 4.58. The number of hydrogen-bond acceptors (Lipinski definition) is 6. The summed E-state index contributed by atoms with van der Waals surface area (Å²) in [7, 11) is 8.18. The maximum atomic E-state index is 6.08. The second-order valence-corrected chi connectivity index (χ2v) is 10.4. The van der Waals surface area contributed by atoms with Crippen LogP contribution < -0.4 is 14.5 Å². The molecule has 0 atom stereocenters. The summed E-state index contributed by atoms with van der Waals surface area (Å²) in [5, 5.41) is 1.04. The SMILES string of the molecule is CN(C)c1ccc(Oc2ccc3nc(-c4ccc(-c5ccc(N(C)C)cc5)s4)sc3c2)cc1. The number of nitrogens with zero attached hydrogens (tertiary/aromatic N) is 3. The van der Waals surface area contributed by atoms with E-state index in [-0.39, 0.29) is 0 Å². The molecule has 0 fully saturated rings. The molecule has 2 aromatic heterocycles. The Morgan fingerprint density at radius 1 is 0.636 bits per heavy atom. The zero-order valence-electron chi connectivity index (χ0n) is 19.1. The highest BCUT2D eigenvalue weighted by atomic mass is 32.1. The van der Waals surface area contributed by atoms with E-state index in [1.54, 1.807) is 22.7 Å². The van der Waals surface area contributed by atoms with Crippen molar-refractivity contribution in [2.24, 2.45) is 0 Å². The molecule has 33 heavy (non-hydrogen) atoms. The van der Waals surface area contributed by atoms with Crippen LogP contribution in [0.1, 0.15) is 0 Å². The fourth-order valence-electron chi connectivity index (χ4n) is 3.55. The molecule has 2 heterocycles. The van der Waals surface area contributed by atoms with E-state index in [4.69, 9.17) is 9.72 Å². The van der Waals surface area contributed by atoms with Crippen molar-refractivity contribution in [1.29, 1.82) is 0 Å². The summed E-state index contributed by atoms with van der Waals surface area (Å²) in [5.41, 5.74) is 4.58. The number of rotatable bonds is 6. The average molecular weight is 472 g/mol. The number of thiazole rings is 1. The fraction of sp³-hybridized carbons (Fsp3) is 0.148. The second-order valence-electron chi connectivity index (χ2n) is 8.24. The Kier molecular flexibility index (Phi) is 5.79. The molecule has 166 valence electrons. The van der Waals surface area contributed by atoms with Crippen LogP contribution in [-0.2, 0) is 0 Å². The lowest BCUT2D eigenvalue weighted by Gasteiger charge is -2.13. The zero-order valence-corrected chi connectivity index (χ0v) is 20.7. The van der Waals surface area contributed by atoms with Gasteiger partial charge in [0, 0.05) is 50.5 Å². The third-order valence-electron chi connectivity index (χ3n) is 5.43. The van der Waals surface area contributed by atoms with E-state index < -0.39 is 0 Å². The van der Waals surface area contributed by atoms with Crippen LogP contribution >= 0.6 is 22.7 Å². The van der Waals surface area contributed by atoms with Crippen molar-refractivity contribution in [3.05, 3.63) is 78.9 Å². The van der Waals surface area contributed by atoms with Gasteiger partial charge in [0.05, 0.1) is 15.1 Å². The minimum Gasteiger partial charge on any atom is -0.457 e. The maximum absolute atomic E-state index is 6.08. The van der Waals surface area contributed by atoms with Gasteiger partial charge in [-0.05, 0) is 66.2 Å². The maximum Gasteiger partial charge on any atom is 0.134 e. The van der Waals surface area contributed by atoms with Crippen molar-refractivity contribution in [1.82, 2.24) is 4.98 Å². The van der Waals surface area contributed by atoms with Crippen LogP contribution in [0.15, 0.2) is 78.9 Å². The number of thiophene rings is 1. The van der Waals surface area contributed by atoms with E-state index >= 15 is 0 Å². The molecular formula is C27H25N3OS2. The number of hydrogen-bond donors (Lipinski definition) is 0. The van der Waals surface area contributed by atoms with E-state index in [1.165, 1.54) is 21.0 Å². The van der Waals surface area contributed by atoms with Gasteiger partial charge in [-0.3, -0.25) is 0 Å². The molecular weight excluding hydrogens is 446 g/mol. The van der Waals surface area contributed by atoms with E-state index in [1.807, 2.05) is 38.4 Å². The molecule has 5 aromatic rings. The Hall–Kier alpha value is -3.35. The number of ether oxygens (including phenoxy) is 1. The minimum absolute atomic E-state index is 0.822. The summed E-state index contributed by atoms with van der Waals surface area (Å²) in [6.07, 6.45) is 0. The van der Waals surface area contributed by atoms with Crippen molar-refractivity contribution in [2.45, 2.75) is 0 Å². The first-order valence-electron chi connectivity index (χ1n) is 10.7. The number of anilines is 2. The number of benzene rings is 3. The molecule has 4 nitrogen and oxygen atoms in total. The van der Waals surface area contributed by atoms with Gasteiger partial charge in [0.15, 0.2) is 0 Å². The standard InChI is InChI=1S/C27H25N3OS2/c1-29(2)19-7-5-18(6-8-19)24-15-16-25(32-24)27-28-23-14-13-22(17-26(23)33-27)31-21-11-9-20(10-12-21)30(3)4/h5-17H,1-4H3. The lowest BCUT2D eigenvalue weighted by molar-refractivity contribution is 0.483. The predicted molar refractivity (Wildman–Crippen MR) is 144 cm³/mol. The zero-order chi connectivity index (χ0) is 22.9. The molecule has 3 aromatic carbocycles. The molecule has 0 N–H and O–H groups in total. The van der Waals surface area contributed by atoms with Gasteiger partial charge < -0.3 is 14.5 Å². The highest BCUT2D eigenvalue weighted by Gasteiger charge is 2.11. The van der Waals surface area contributed by atoms with Gasteiger partial charge in [0.1, 0.15) is 16.5 Å². The predicted octanol–water partition coefficient (Wildman–Crippen LogP) is 7.62. The molecule has 0 saturated heterocycles. The molecule has 0 saturated carbocycles. The highest BCUT2D eigenvalue weighted by Crippen LogP contribution is 2.39. The summed E-state index contributed by atoms with van der Waals surface area (Å²) in [6, 6.07) is 27.2. The van der Waals surface area contributed by atoms with Crippen LogP contribution in [0.3, 0.4) is 0 Å². The first-order chi connectivity index (χ1) is 16.0. The molecule has 0 aliphatic rings. The van der Waals surface area contributed by atoms with Crippen LogP contribution in [0.2, 0.25) is 0 Å². The molecule has 5 rings (SSSR count). The van der Waals surface area contributed by atoms with E-state index in [9.17, 15) is 0 Å². The average Bonchev–Trinajstić information content (AvgIpc) is 3.46. The largest absolute Gasteiger partial charge is 0.457 e. The lowest BCUT2D eigenvalue weighted by atomic mass is 10.1. The number of fused-ring (bicyclic) bond motifs is 1. The van der Waals surface area contributed by atoms with Crippen LogP contribution in [-0.4, -0.2) is 33.2 Å². The summed E-state index contributed by atoms with van der Waals surface area (Å²) < 4.78 is 7.21. The molecule has 6 heteroatoms. The first-order valence-corrected chi connectivity index (χ1v) is 12.3. The second kappa shape index (κ2) is 8.89. The smallest absolute Gasteiger partial charge is 0.134 e. The third-order valence-corrected chi connectivity index (χ3v) is 7.76. The Balaban J connectivity index is 1.36. The van der Waals surface area contributed by atoms with Gasteiger partial charge in [-0.15, -0.1) is 22.7 Å². The van der Waals surface area contributed by atoms with E-state index in [2.05, 4.69) is 78.5 Å². The number of aromatic nitrogens is 1. The van der Waals surface area contributed by atoms with Crippen molar-refractivity contribution >= 4 is 44.3 Å². The van der Waals surface area contributed by atoms with Gasteiger partial charge in [-0.2, -0.15) is 0 Å². The van der Waals surface area contributed by atoms with Crippen molar-refractivity contribution < 1.29 is 4.74 Å². The molecule has 0 spiro atoms. The Morgan fingerprint density at radius 3 is 1.91 bits per heavy atom. The van der Waals surface area contributed by atoms with Crippen LogP contribution in [0.25, 0.3) is 30.5 Å². The van der Waals surface area contributed by atoms with Gasteiger partial charge in [-0.1, -0.05) is 12.1 Å². The first kappa shape index (κ1) is 21.5. The topological polar surface area (TPSA) is 28.6 Å². The molecule has 0 unspecified atom stereocenters. The fourth-order valence-corrected chi connectivity index (χ4v) is 5.61. The monoisotopic (exact) mass is 471 g/mol. The van der Waals surface area contributed by atoms with Crippen molar-refractivity contribution in [3.8, 4) is 31.8 Å². The van der Waals surface area contributed by atoms with Gasteiger partial charge in [0.25, 0.3) is 0 Å². The van der Waals surface area contributed by atoms with Crippen LogP contribution in [0, 0.1) is 0 Å².